The molecule has 1 amide bonds. The lowest BCUT2D eigenvalue weighted by Gasteiger charge is -2.29. The number of amides is 1. The highest BCUT2D eigenvalue weighted by molar-refractivity contribution is 5.76. The average Bonchev–Trinajstić information content (AvgIpc) is 3.20. The van der Waals surface area contributed by atoms with Crippen LogP contribution in [0.1, 0.15) is 16.7 Å². The standard InChI is InChI=1S/C19H20N6O2/c26-18-10-16-7-9-24(19(27)13-25-14-20-21-22-25)12-17(16)11-23(18)8-6-15-4-2-1-3-5-15/h1-5,10-11,14H,6-9,12-13H2. The van der Waals surface area contributed by atoms with E-state index in [9.17, 15) is 9.59 Å². The molecule has 0 radical (unpaired) electrons. The fraction of sp³-hybridized carbons (Fsp3) is 0.316. The van der Waals surface area contributed by atoms with Gasteiger partial charge in [-0.2, -0.15) is 0 Å². The lowest BCUT2D eigenvalue weighted by Crippen LogP contribution is -2.39. The lowest BCUT2D eigenvalue weighted by atomic mass is 10.0. The Kier molecular flexibility index (Phi) is 4.78. The van der Waals surface area contributed by atoms with Crippen molar-refractivity contribution in [2.75, 3.05) is 6.54 Å². The first-order valence-corrected chi connectivity index (χ1v) is 8.94. The number of hydrogen-bond acceptors (Lipinski definition) is 5. The molecule has 3 aromatic rings. The second-order valence-electron chi connectivity index (χ2n) is 6.66. The summed E-state index contributed by atoms with van der Waals surface area (Å²) in [4.78, 5) is 26.7. The minimum atomic E-state index is -0.0324. The van der Waals surface area contributed by atoms with Gasteiger partial charge < -0.3 is 9.47 Å². The quantitative estimate of drug-likeness (QED) is 0.664. The van der Waals surface area contributed by atoms with E-state index in [0.29, 0.717) is 26.1 Å². The number of tetrazole rings is 1. The molecule has 0 aliphatic carbocycles. The normalized spacial score (nSPS) is 13.4. The van der Waals surface area contributed by atoms with E-state index in [0.717, 1.165) is 17.5 Å². The number of aromatic nitrogens is 5. The highest BCUT2D eigenvalue weighted by Crippen LogP contribution is 2.17. The summed E-state index contributed by atoms with van der Waals surface area (Å²) in [5, 5.41) is 10.8. The van der Waals surface area contributed by atoms with E-state index < -0.39 is 0 Å². The molecule has 0 saturated heterocycles. The topological polar surface area (TPSA) is 85.9 Å². The Labute approximate surface area is 156 Å². The molecule has 0 bridgehead atoms. The largest absolute Gasteiger partial charge is 0.336 e. The molecule has 4 rings (SSSR count). The summed E-state index contributed by atoms with van der Waals surface area (Å²) in [5.74, 6) is -0.0324. The van der Waals surface area contributed by atoms with E-state index >= 15 is 0 Å². The summed E-state index contributed by atoms with van der Waals surface area (Å²) in [6, 6.07) is 11.8. The van der Waals surface area contributed by atoms with Crippen molar-refractivity contribution in [3.05, 3.63) is 76.0 Å². The van der Waals surface area contributed by atoms with Gasteiger partial charge in [-0.3, -0.25) is 9.59 Å². The maximum absolute atomic E-state index is 12.5. The number of benzene rings is 1. The van der Waals surface area contributed by atoms with E-state index in [1.165, 1.54) is 16.6 Å². The second kappa shape index (κ2) is 7.53. The third-order valence-corrected chi connectivity index (χ3v) is 4.84. The summed E-state index contributed by atoms with van der Waals surface area (Å²) in [5.41, 5.74) is 3.26. The molecule has 27 heavy (non-hydrogen) atoms. The Morgan fingerprint density at radius 1 is 1.15 bits per heavy atom. The highest BCUT2D eigenvalue weighted by Gasteiger charge is 2.22. The molecular formula is C19H20N6O2. The number of pyridine rings is 1. The van der Waals surface area contributed by atoms with Crippen LogP contribution >= 0.6 is 0 Å². The molecule has 1 aliphatic rings. The molecule has 3 heterocycles. The smallest absolute Gasteiger partial charge is 0.250 e. The van der Waals surface area contributed by atoms with Crippen molar-refractivity contribution in [3.8, 4) is 0 Å². The summed E-state index contributed by atoms with van der Waals surface area (Å²) in [6.07, 6.45) is 4.81. The van der Waals surface area contributed by atoms with Crippen molar-refractivity contribution < 1.29 is 4.79 Å². The van der Waals surface area contributed by atoms with Crippen LogP contribution in [0.3, 0.4) is 0 Å². The zero-order valence-corrected chi connectivity index (χ0v) is 14.9. The highest BCUT2D eigenvalue weighted by atomic mass is 16.2. The van der Waals surface area contributed by atoms with Gasteiger partial charge in [0.25, 0.3) is 5.56 Å². The van der Waals surface area contributed by atoms with Crippen LogP contribution in [0, 0.1) is 0 Å². The zero-order valence-electron chi connectivity index (χ0n) is 14.9. The zero-order chi connectivity index (χ0) is 18.6. The van der Waals surface area contributed by atoms with E-state index in [4.69, 9.17) is 0 Å². The summed E-state index contributed by atoms with van der Waals surface area (Å²) >= 11 is 0. The van der Waals surface area contributed by atoms with Gasteiger partial charge in [0, 0.05) is 31.9 Å². The first-order chi connectivity index (χ1) is 13.2. The number of hydrogen-bond donors (Lipinski definition) is 0. The van der Waals surface area contributed by atoms with Crippen LogP contribution < -0.4 is 5.56 Å². The van der Waals surface area contributed by atoms with Crippen LogP contribution in [0.25, 0.3) is 0 Å². The predicted molar refractivity (Wildman–Crippen MR) is 97.8 cm³/mol. The molecule has 0 spiro atoms. The number of fused-ring (bicyclic) bond motifs is 1. The number of aryl methyl sites for hydroxylation is 2. The molecule has 0 fully saturated rings. The molecule has 8 nitrogen and oxygen atoms in total. The third kappa shape index (κ3) is 3.94. The number of nitrogens with zero attached hydrogens (tertiary/aromatic N) is 6. The Bertz CT molecular complexity index is 981. The van der Waals surface area contributed by atoms with Crippen molar-refractivity contribution in [1.29, 1.82) is 0 Å². The lowest BCUT2D eigenvalue weighted by molar-refractivity contribution is -0.133. The van der Waals surface area contributed by atoms with Gasteiger partial charge in [0.15, 0.2) is 0 Å². The molecule has 2 aromatic heterocycles. The SMILES string of the molecule is O=C(Cn1cnnn1)N1CCc2cc(=O)n(CCc3ccccc3)cc2C1. The first kappa shape index (κ1) is 17.1. The van der Waals surface area contributed by atoms with Gasteiger partial charge in [0.2, 0.25) is 5.91 Å². The van der Waals surface area contributed by atoms with Gasteiger partial charge in [-0.1, -0.05) is 30.3 Å². The predicted octanol–water partition coefficient (Wildman–Crippen LogP) is 0.662. The van der Waals surface area contributed by atoms with Gasteiger partial charge >= 0.3 is 0 Å². The molecule has 1 aromatic carbocycles. The molecule has 138 valence electrons. The van der Waals surface area contributed by atoms with Gasteiger partial charge in [-0.15, -0.1) is 5.10 Å². The summed E-state index contributed by atoms with van der Waals surface area (Å²) in [6.45, 7) is 1.84. The molecule has 0 saturated carbocycles. The Balaban J connectivity index is 1.47. The average molecular weight is 364 g/mol. The van der Waals surface area contributed by atoms with E-state index in [-0.39, 0.29) is 18.0 Å². The molecule has 0 atom stereocenters. The van der Waals surface area contributed by atoms with E-state index in [1.807, 2.05) is 24.4 Å². The molecular weight excluding hydrogens is 344 g/mol. The second-order valence-corrected chi connectivity index (χ2v) is 6.66. The van der Waals surface area contributed by atoms with Crippen LogP contribution in [0.15, 0.2) is 53.7 Å². The van der Waals surface area contributed by atoms with Crippen LogP contribution in [-0.4, -0.2) is 42.1 Å². The van der Waals surface area contributed by atoms with E-state index in [1.54, 1.807) is 15.5 Å². The number of carbonyl (C=O) groups excluding carboxylic acids is 1. The minimum absolute atomic E-state index is 0.0122. The van der Waals surface area contributed by atoms with Crippen LogP contribution in [0.5, 0.6) is 0 Å². The van der Waals surface area contributed by atoms with Crippen LogP contribution in [-0.2, 0) is 37.3 Å². The van der Waals surface area contributed by atoms with Crippen molar-refractivity contribution in [2.24, 2.45) is 0 Å². The van der Waals surface area contributed by atoms with Crippen molar-refractivity contribution >= 4 is 5.91 Å². The van der Waals surface area contributed by atoms with Gasteiger partial charge in [-0.25, -0.2) is 4.68 Å². The molecule has 0 unspecified atom stereocenters. The third-order valence-electron chi connectivity index (χ3n) is 4.84. The maximum atomic E-state index is 12.5. The van der Waals surface area contributed by atoms with Gasteiger partial charge in [-0.05, 0) is 40.0 Å². The number of carbonyl (C=O) groups is 1. The minimum Gasteiger partial charge on any atom is -0.336 e. The first-order valence-electron chi connectivity index (χ1n) is 8.94. The van der Waals surface area contributed by atoms with Crippen molar-refractivity contribution in [2.45, 2.75) is 32.5 Å². The Hall–Kier alpha value is -3.29. The molecule has 0 N–H and O–H groups in total. The van der Waals surface area contributed by atoms with Gasteiger partial charge in [0.1, 0.15) is 12.9 Å². The monoisotopic (exact) mass is 364 g/mol. The summed E-state index contributed by atoms with van der Waals surface area (Å²) < 4.78 is 3.15. The maximum Gasteiger partial charge on any atom is 0.250 e. The van der Waals surface area contributed by atoms with Crippen LogP contribution in [0.2, 0.25) is 0 Å². The Morgan fingerprint density at radius 2 is 2.00 bits per heavy atom. The van der Waals surface area contributed by atoms with Gasteiger partial charge in [0.05, 0.1) is 0 Å². The molecule has 8 heteroatoms. The van der Waals surface area contributed by atoms with E-state index in [2.05, 4.69) is 27.7 Å². The van der Waals surface area contributed by atoms with Crippen LogP contribution in [0.4, 0.5) is 0 Å². The van der Waals surface area contributed by atoms with Crippen molar-refractivity contribution in [1.82, 2.24) is 29.7 Å². The Morgan fingerprint density at radius 3 is 2.78 bits per heavy atom. The fourth-order valence-electron chi connectivity index (χ4n) is 3.35. The van der Waals surface area contributed by atoms with Crippen molar-refractivity contribution in [3.63, 3.8) is 0 Å². The molecule has 1 aliphatic heterocycles. The fourth-order valence-corrected chi connectivity index (χ4v) is 3.35. The summed E-state index contributed by atoms with van der Waals surface area (Å²) in [7, 11) is 0. The number of rotatable bonds is 5.